The van der Waals surface area contributed by atoms with Crippen molar-refractivity contribution in [2.45, 2.75) is 17.1 Å². The molecule has 2 heterocycles. The van der Waals surface area contributed by atoms with Crippen LogP contribution in [0.5, 0.6) is 0 Å². The molecule has 37 heavy (non-hydrogen) atoms. The molecule has 0 saturated carbocycles. The van der Waals surface area contributed by atoms with E-state index in [4.69, 9.17) is 0 Å². The first-order valence-corrected chi connectivity index (χ1v) is 13.7. The first-order valence-electron chi connectivity index (χ1n) is 11.3. The van der Waals surface area contributed by atoms with Gasteiger partial charge in [-0.15, -0.1) is 11.3 Å². The van der Waals surface area contributed by atoms with Crippen LogP contribution in [0.2, 0.25) is 0 Å². The minimum absolute atomic E-state index is 0.0746. The van der Waals surface area contributed by atoms with Gasteiger partial charge >= 0.3 is 0 Å². The zero-order valence-corrected chi connectivity index (χ0v) is 21.4. The molecule has 2 aromatic carbocycles. The zero-order chi connectivity index (χ0) is 26.4. The van der Waals surface area contributed by atoms with Crippen LogP contribution in [0.3, 0.4) is 0 Å². The van der Waals surface area contributed by atoms with Crippen molar-refractivity contribution in [3.8, 4) is 22.4 Å². The molecule has 11 heteroatoms. The molecular weight excluding hydrogens is 512 g/mol. The van der Waals surface area contributed by atoms with Crippen molar-refractivity contribution in [2.24, 2.45) is 0 Å². The van der Waals surface area contributed by atoms with Gasteiger partial charge in [0.25, 0.3) is 5.91 Å². The van der Waals surface area contributed by atoms with E-state index in [-0.39, 0.29) is 17.0 Å². The fraction of sp³-hybridized carbons (Fsp3) is 0.154. The quantitative estimate of drug-likeness (QED) is 0.298. The third kappa shape index (κ3) is 6.26. The molecule has 3 N–H and O–H groups in total. The highest BCUT2D eigenvalue weighted by atomic mass is 32.2. The van der Waals surface area contributed by atoms with Crippen molar-refractivity contribution in [3.05, 3.63) is 84.0 Å². The van der Waals surface area contributed by atoms with Gasteiger partial charge in [0, 0.05) is 28.9 Å². The second kappa shape index (κ2) is 11.4. The maximum absolute atomic E-state index is 12.5. The number of aromatic nitrogens is 2. The van der Waals surface area contributed by atoms with Crippen molar-refractivity contribution in [1.29, 1.82) is 0 Å². The van der Waals surface area contributed by atoms with Crippen LogP contribution in [-0.2, 0) is 14.6 Å². The molecule has 0 aliphatic rings. The SMILES string of the molecule is CC(CO)S(=O)(=O)c1cccc(C(=O)NCC(=O)Nc2nc(-c3cccc(-c4ccncc4)c3)cs2)c1. The van der Waals surface area contributed by atoms with Crippen LogP contribution in [0.25, 0.3) is 22.4 Å². The van der Waals surface area contributed by atoms with Gasteiger partial charge in [-0.25, -0.2) is 13.4 Å². The molecule has 4 rings (SSSR count). The van der Waals surface area contributed by atoms with E-state index in [9.17, 15) is 23.1 Å². The number of aliphatic hydroxyl groups excluding tert-OH is 1. The fourth-order valence-corrected chi connectivity index (χ4v) is 5.39. The largest absolute Gasteiger partial charge is 0.395 e. The monoisotopic (exact) mass is 536 g/mol. The molecule has 0 saturated heterocycles. The summed E-state index contributed by atoms with van der Waals surface area (Å²) in [6.45, 7) is 0.525. The number of benzene rings is 2. The summed E-state index contributed by atoms with van der Waals surface area (Å²) >= 11 is 1.26. The number of nitrogens with one attached hydrogen (secondary N) is 2. The van der Waals surface area contributed by atoms with E-state index < -0.39 is 33.5 Å². The molecule has 0 radical (unpaired) electrons. The van der Waals surface area contributed by atoms with E-state index in [0.717, 1.165) is 16.7 Å². The average Bonchev–Trinajstić information content (AvgIpc) is 3.40. The Hall–Kier alpha value is -3.93. The van der Waals surface area contributed by atoms with Crippen molar-refractivity contribution in [2.75, 3.05) is 18.5 Å². The van der Waals surface area contributed by atoms with Gasteiger partial charge in [-0.05, 0) is 54.4 Å². The topological polar surface area (TPSA) is 138 Å². The van der Waals surface area contributed by atoms with Gasteiger partial charge in [-0.2, -0.15) is 0 Å². The number of hydrogen-bond acceptors (Lipinski definition) is 8. The Bertz CT molecular complexity index is 1520. The normalized spacial score (nSPS) is 12.1. The Morgan fingerprint density at radius 3 is 2.49 bits per heavy atom. The van der Waals surface area contributed by atoms with Crippen LogP contribution < -0.4 is 10.6 Å². The van der Waals surface area contributed by atoms with E-state index >= 15 is 0 Å². The maximum Gasteiger partial charge on any atom is 0.251 e. The number of rotatable bonds is 9. The zero-order valence-electron chi connectivity index (χ0n) is 19.8. The lowest BCUT2D eigenvalue weighted by atomic mass is 10.0. The van der Waals surface area contributed by atoms with E-state index in [0.29, 0.717) is 10.8 Å². The summed E-state index contributed by atoms with van der Waals surface area (Å²) in [5.41, 5.74) is 3.73. The molecule has 0 aliphatic heterocycles. The second-order valence-corrected chi connectivity index (χ2v) is 11.4. The van der Waals surface area contributed by atoms with E-state index in [2.05, 4.69) is 20.6 Å². The predicted molar refractivity (Wildman–Crippen MR) is 142 cm³/mol. The van der Waals surface area contributed by atoms with Crippen LogP contribution in [0.15, 0.2) is 83.3 Å². The van der Waals surface area contributed by atoms with Crippen molar-refractivity contribution in [1.82, 2.24) is 15.3 Å². The highest BCUT2D eigenvalue weighted by Crippen LogP contribution is 2.28. The summed E-state index contributed by atoms with van der Waals surface area (Å²) in [5, 5.41) is 15.6. The third-order valence-electron chi connectivity index (χ3n) is 5.54. The molecule has 1 unspecified atom stereocenters. The Labute approximate surface area is 218 Å². The molecule has 2 aromatic heterocycles. The Kier molecular flexibility index (Phi) is 8.07. The number of thiazole rings is 1. The van der Waals surface area contributed by atoms with Gasteiger partial charge in [0.1, 0.15) is 0 Å². The minimum Gasteiger partial charge on any atom is -0.395 e. The fourth-order valence-electron chi connectivity index (χ4n) is 3.44. The number of anilines is 1. The smallest absolute Gasteiger partial charge is 0.251 e. The summed E-state index contributed by atoms with van der Waals surface area (Å²) in [6.07, 6.45) is 3.46. The number of sulfone groups is 1. The molecule has 0 fully saturated rings. The van der Waals surface area contributed by atoms with Crippen LogP contribution in [-0.4, -0.2) is 53.7 Å². The van der Waals surface area contributed by atoms with Gasteiger partial charge in [-0.1, -0.05) is 24.3 Å². The van der Waals surface area contributed by atoms with Crippen molar-refractivity contribution < 1.29 is 23.1 Å². The summed E-state index contributed by atoms with van der Waals surface area (Å²) in [4.78, 5) is 33.3. The number of amides is 2. The van der Waals surface area contributed by atoms with Gasteiger partial charge < -0.3 is 15.7 Å². The van der Waals surface area contributed by atoms with Gasteiger partial charge in [0.2, 0.25) is 5.91 Å². The minimum atomic E-state index is -3.78. The molecule has 9 nitrogen and oxygen atoms in total. The van der Waals surface area contributed by atoms with Gasteiger partial charge in [-0.3, -0.25) is 14.6 Å². The van der Waals surface area contributed by atoms with Crippen LogP contribution in [0.4, 0.5) is 5.13 Å². The molecule has 0 bridgehead atoms. The number of aliphatic hydroxyl groups is 1. The van der Waals surface area contributed by atoms with E-state index in [1.165, 1.54) is 42.5 Å². The lowest BCUT2D eigenvalue weighted by molar-refractivity contribution is -0.115. The third-order valence-corrected chi connectivity index (χ3v) is 8.42. The van der Waals surface area contributed by atoms with E-state index in [1.807, 2.05) is 41.8 Å². The number of nitrogens with zero attached hydrogens (tertiary/aromatic N) is 2. The highest BCUT2D eigenvalue weighted by Gasteiger charge is 2.23. The van der Waals surface area contributed by atoms with Crippen molar-refractivity contribution >= 4 is 38.1 Å². The lowest BCUT2D eigenvalue weighted by Gasteiger charge is -2.11. The molecule has 1 atom stereocenters. The summed E-state index contributed by atoms with van der Waals surface area (Å²) < 4.78 is 24.9. The van der Waals surface area contributed by atoms with Crippen LogP contribution in [0.1, 0.15) is 17.3 Å². The molecule has 0 spiro atoms. The number of pyridine rings is 1. The number of hydrogen-bond donors (Lipinski definition) is 3. The van der Waals surface area contributed by atoms with Crippen LogP contribution >= 0.6 is 11.3 Å². The molecule has 190 valence electrons. The summed E-state index contributed by atoms with van der Waals surface area (Å²) in [5.74, 6) is -1.07. The lowest BCUT2D eigenvalue weighted by Crippen LogP contribution is -2.33. The van der Waals surface area contributed by atoms with Gasteiger partial charge in [0.15, 0.2) is 15.0 Å². The first-order chi connectivity index (χ1) is 17.8. The van der Waals surface area contributed by atoms with Crippen LogP contribution in [0, 0.1) is 0 Å². The standard InChI is InChI=1S/C26H24N4O5S2/c1-17(15-31)37(34,35)22-7-3-6-21(13-22)25(33)28-14-24(32)30-26-29-23(16-36-26)20-5-2-4-19(12-20)18-8-10-27-11-9-18/h2-13,16-17,31H,14-15H2,1H3,(H,28,33)(H,29,30,32). The van der Waals surface area contributed by atoms with Crippen molar-refractivity contribution in [3.63, 3.8) is 0 Å². The second-order valence-electron chi connectivity index (χ2n) is 8.15. The number of carbonyl (C=O) groups is 2. The first kappa shape index (κ1) is 26.1. The Morgan fingerprint density at radius 1 is 1.00 bits per heavy atom. The van der Waals surface area contributed by atoms with E-state index in [1.54, 1.807) is 12.4 Å². The molecule has 2 amide bonds. The Balaban J connectivity index is 1.37. The summed E-state index contributed by atoms with van der Waals surface area (Å²) in [7, 11) is -3.78. The highest BCUT2D eigenvalue weighted by molar-refractivity contribution is 7.92. The molecular formula is C26H24N4O5S2. The Morgan fingerprint density at radius 2 is 1.73 bits per heavy atom. The molecule has 0 aliphatic carbocycles. The predicted octanol–water partition coefficient (Wildman–Crippen LogP) is 3.40. The maximum atomic E-state index is 12.5. The van der Waals surface area contributed by atoms with Gasteiger partial charge in [0.05, 0.1) is 29.0 Å². The molecule has 4 aromatic rings. The average molecular weight is 537 g/mol. The summed E-state index contributed by atoms with van der Waals surface area (Å²) in [6, 6.07) is 17.2. The number of carbonyl (C=O) groups excluding carboxylic acids is 2.